The van der Waals surface area contributed by atoms with Crippen LogP contribution in [0.25, 0.3) is 16.9 Å². The molecule has 0 aliphatic rings. The predicted octanol–water partition coefficient (Wildman–Crippen LogP) is 6.27. The van der Waals surface area contributed by atoms with Crippen molar-refractivity contribution in [3.63, 3.8) is 0 Å². The Labute approximate surface area is 233 Å². The number of halogens is 3. The number of aliphatic hydroxyl groups excluding tert-OH is 1. The van der Waals surface area contributed by atoms with E-state index in [0.717, 1.165) is 23.3 Å². The SMILES string of the molecule is Cc1ccc(C(=O)Cc2cc(-n3cnc([C@H](C)O)c3)cc(C(F)(F)F)c2)cc1Nc1nccc(-c2cccnc2)n1. The average molecular weight is 559 g/mol. The van der Waals surface area contributed by atoms with Crippen LogP contribution in [0.3, 0.4) is 0 Å². The third-order valence-corrected chi connectivity index (χ3v) is 6.42. The Morgan fingerprint density at radius 1 is 1.07 bits per heavy atom. The van der Waals surface area contributed by atoms with Gasteiger partial charge in [0.15, 0.2) is 5.78 Å². The van der Waals surface area contributed by atoms with Crippen molar-refractivity contribution < 1.29 is 23.1 Å². The summed E-state index contributed by atoms with van der Waals surface area (Å²) in [5.41, 5.74) is 3.02. The summed E-state index contributed by atoms with van der Waals surface area (Å²) >= 11 is 0. The number of rotatable bonds is 8. The van der Waals surface area contributed by atoms with E-state index < -0.39 is 17.8 Å². The van der Waals surface area contributed by atoms with Crippen molar-refractivity contribution >= 4 is 17.4 Å². The van der Waals surface area contributed by atoms with Crippen LogP contribution in [0, 0.1) is 6.92 Å². The van der Waals surface area contributed by atoms with Crippen LogP contribution in [-0.4, -0.2) is 35.4 Å². The van der Waals surface area contributed by atoms with Gasteiger partial charge in [0.25, 0.3) is 0 Å². The summed E-state index contributed by atoms with van der Waals surface area (Å²) in [6.07, 6.45) is 1.99. The van der Waals surface area contributed by atoms with Crippen LogP contribution in [0.4, 0.5) is 24.8 Å². The number of aliphatic hydroxyl groups is 1. The summed E-state index contributed by atoms with van der Waals surface area (Å²) in [6, 6.07) is 13.9. The van der Waals surface area contributed by atoms with E-state index in [4.69, 9.17) is 0 Å². The Morgan fingerprint density at radius 2 is 1.90 bits per heavy atom. The van der Waals surface area contributed by atoms with Crippen LogP contribution in [0.15, 0.2) is 85.7 Å². The van der Waals surface area contributed by atoms with Gasteiger partial charge in [0.05, 0.1) is 29.4 Å². The monoisotopic (exact) mass is 558 g/mol. The lowest BCUT2D eigenvalue weighted by Gasteiger charge is -2.14. The summed E-state index contributed by atoms with van der Waals surface area (Å²) in [5.74, 6) is -0.0443. The molecule has 0 fully saturated rings. The third-order valence-electron chi connectivity index (χ3n) is 6.42. The molecule has 0 amide bonds. The van der Waals surface area contributed by atoms with Gasteiger partial charge in [-0.2, -0.15) is 13.2 Å². The lowest BCUT2D eigenvalue weighted by Crippen LogP contribution is -2.10. The van der Waals surface area contributed by atoms with Crippen molar-refractivity contribution in [2.45, 2.75) is 32.5 Å². The number of nitrogens with one attached hydrogen (secondary N) is 1. The summed E-state index contributed by atoms with van der Waals surface area (Å²) in [6.45, 7) is 3.37. The molecular weight excluding hydrogens is 533 g/mol. The maximum atomic E-state index is 13.7. The van der Waals surface area contributed by atoms with Crippen LogP contribution < -0.4 is 5.32 Å². The number of carbonyl (C=O) groups excluding carboxylic acids is 1. The van der Waals surface area contributed by atoms with E-state index >= 15 is 0 Å². The number of aromatic nitrogens is 5. The van der Waals surface area contributed by atoms with Crippen LogP contribution in [0.5, 0.6) is 0 Å². The van der Waals surface area contributed by atoms with E-state index in [0.29, 0.717) is 28.6 Å². The number of Topliss-reactive ketones (excluding diaryl/α,β-unsaturated/α-hetero) is 1. The topological polar surface area (TPSA) is 106 Å². The van der Waals surface area contributed by atoms with E-state index in [9.17, 15) is 23.1 Å². The molecule has 0 radical (unpaired) electrons. The molecular formula is C30H25F3N6O2. The summed E-state index contributed by atoms with van der Waals surface area (Å²) in [4.78, 5) is 30.2. The van der Waals surface area contributed by atoms with E-state index in [1.54, 1.807) is 48.9 Å². The molecule has 2 N–H and O–H groups in total. The van der Waals surface area contributed by atoms with Gasteiger partial charge in [-0.05, 0) is 67.4 Å². The molecule has 8 nitrogen and oxygen atoms in total. The first kappa shape index (κ1) is 27.7. The van der Waals surface area contributed by atoms with E-state index in [1.807, 2.05) is 13.0 Å². The summed E-state index contributed by atoms with van der Waals surface area (Å²) in [7, 11) is 0. The summed E-state index contributed by atoms with van der Waals surface area (Å²) in [5, 5.41) is 12.9. The first-order chi connectivity index (χ1) is 19.6. The van der Waals surface area contributed by atoms with Gasteiger partial charge < -0.3 is 15.0 Å². The number of alkyl halides is 3. The number of hydrogen-bond donors (Lipinski definition) is 2. The Hall–Kier alpha value is -4.90. The first-order valence-corrected chi connectivity index (χ1v) is 12.6. The normalized spacial score (nSPS) is 12.2. The van der Waals surface area contributed by atoms with Gasteiger partial charge in [-0.15, -0.1) is 0 Å². The molecule has 0 aliphatic carbocycles. The molecule has 3 heterocycles. The third kappa shape index (κ3) is 6.47. The molecule has 41 heavy (non-hydrogen) atoms. The molecule has 0 spiro atoms. The van der Waals surface area contributed by atoms with Crippen LogP contribution >= 0.6 is 0 Å². The van der Waals surface area contributed by atoms with Crippen molar-refractivity contribution in [3.8, 4) is 16.9 Å². The zero-order valence-electron chi connectivity index (χ0n) is 22.1. The number of anilines is 2. The highest BCUT2D eigenvalue weighted by Crippen LogP contribution is 2.32. The Morgan fingerprint density at radius 3 is 2.61 bits per heavy atom. The summed E-state index contributed by atoms with van der Waals surface area (Å²) < 4.78 is 42.6. The smallest absolute Gasteiger partial charge is 0.387 e. The minimum Gasteiger partial charge on any atom is -0.387 e. The standard InChI is InChI=1S/C30H25F3N6O2/c1-18-5-6-21(13-26(18)38-29-35-9-7-25(37-29)22-4-3-8-34-15-22)28(41)12-20-10-23(30(31,32)33)14-24(11-20)39-16-27(19(2)40)36-17-39/h3-11,13-17,19,40H,12H2,1-2H3,(H,35,37,38)/t19-/m0/s1. The predicted molar refractivity (Wildman–Crippen MR) is 147 cm³/mol. The maximum Gasteiger partial charge on any atom is 0.416 e. The van der Waals surface area contributed by atoms with Crippen molar-refractivity contribution in [2.75, 3.05) is 5.32 Å². The number of carbonyl (C=O) groups is 1. The second-order valence-corrected chi connectivity index (χ2v) is 9.53. The highest BCUT2D eigenvalue weighted by Gasteiger charge is 2.31. The van der Waals surface area contributed by atoms with Gasteiger partial charge in [-0.3, -0.25) is 9.78 Å². The molecule has 208 valence electrons. The maximum absolute atomic E-state index is 13.7. The largest absolute Gasteiger partial charge is 0.416 e. The highest BCUT2D eigenvalue weighted by molar-refractivity contribution is 5.98. The molecule has 0 saturated heterocycles. The zero-order valence-corrected chi connectivity index (χ0v) is 22.1. The minimum atomic E-state index is -4.62. The molecule has 1 atom stereocenters. The van der Waals surface area contributed by atoms with Gasteiger partial charge >= 0.3 is 6.18 Å². The Bertz CT molecular complexity index is 1700. The minimum absolute atomic E-state index is 0.180. The van der Waals surface area contributed by atoms with Crippen molar-refractivity contribution in [3.05, 3.63) is 114 Å². The first-order valence-electron chi connectivity index (χ1n) is 12.6. The molecule has 0 saturated carbocycles. The van der Waals surface area contributed by atoms with Crippen molar-refractivity contribution in [1.29, 1.82) is 0 Å². The molecule has 5 aromatic rings. The number of ketones is 1. The van der Waals surface area contributed by atoms with Gasteiger partial charge in [0.1, 0.15) is 0 Å². The van der Waals surface area contributed by atoms with E-state index in [-0.39, 0.29) is 23.5 Å². The van der Waals surface area contributed by atoms with Crippen LogP contribution in [0.2, 0.25) is 0 Å². The number of aryl methyl sites for hydroxylation is 1. The van der Waals surface area contributed by atoms with Crippen LogP contribution in [0.1, 0.15) is 45.8 Å². The second kappa shape index (κ2) is 11.3. The van der Waals surface area contributed by atoms with Crippen LogP contribution in [-0.2, 0) is 12.6 Å². The lowest BCUT2D eigenvalue weighted by atomic mass is 9.99. The Kier molecular flexibility index (Phi) is 7.62. The van der Waals surface area contributed by atoms with Gasteiger partial charge in [-0.25, -0.2) is 15.0 Å². The second-order valence-electron chi connectivity index (χ2n) is 9.53. The Balaban J connectivity index is 1.41. The molecule has 0 unspecified atom stereocenters. The van der Waals surface area contributed by atoms with Gasteiger partial charge in [0, 0.05) is 53.7 Å². The molecule has 2 aromatic carbocycles. The molecule has 0 bridgehead atoms. The fourth-order valence-electron chi connectivity index (χ4n) is 4.22. The zero-order chi connectivity index (χ0) is 29.1. The van der Waals surface area contributed by atoms with E-state index in [1.165, 1.54) is 30.1 Å². The van der Waals surface area contributed by atoms with Gasteiger partial charge in [-0.1, -0.05) is 12.1 Å². The quantitative estimate of drug-likeness (QED) is 0.216. The fraction of sp³-hybridized carbons (Fsp3) is 0.167. The number of pyridine rings is 1. The molecule has 11 heteroatoms. The number of nitrogens with zero attached hydrogens (tertiary/aromatic N) is 5. The van der Waals surface area contributed by atoms with E-state index in [2.05, 4.69) is 25.3 Å². The van der Waals surface area contributed by atoms with Crippen molar-refractivity contribution in [1.82, 2.24) is 24.5 Å². The fourth-order valence-corrected chi connectivity index (χ4v) is 4.22. The average Bonchev–Trinajstić information content (AvgIpc) is 3.45. The number of imidazole rings is 1. The molecule has 3 aromatic heterocycles. The number of hydrogen-bond acceptors (Lipinski definition) is 7. The lowest BCUT2D eigenvalue weighted by molar-refractivity contribution is -0.137. The highest BCUT2D eigenvalue weighted by atomic mass is 19.4. The molecule has 5 rings (SSSR count). The molecule has 0 aliphatic heterocycles. The van der Waals surface area contributed by atoms with Crippen molar-refractivity contribution in [2.24, 2.45) is 0 Å². The number of benzene rings is 2. The van der Waals surface area contributed by atoms with Gasteiger partial charge in [0.2, 0.25) is 5.95 Å².